The van der Waals surface area contributed by atoms with Crippen molar-refractivity contribution in [2.45, 2.75) is 25.3 Å². The number of likely N-dealkylation sites (tertiary alicyclic amines) is 1. The van der Waals surface area contributed by atoms with Crippen LogP contribution in [0.2, 0.25) is 0 Å². The van der Waals surface area contributed by atoms with Gasteiger partial charge < -0.3 is 15.5 Å². The quantitative estimate of drug-likeness (QED) is 0.843. The van der Waals surface area contributed by atoms with Gasteiger partial charge in [0.1, 0.15) is 0 Å². The van der Waals surface area contributed by atoms with Crippen LogP contribution in [0.1, 0.15) is 24.8 Å². The minimum atomic E-state index is -0.0951. The Labute approximate surface area is 118 Å². The molecule has 2 unspecified atom stereocenters. The molecule has 20 heavy (non-hydrogen) atoms. The van der Waals surface area contributed by atoms with Crippen LogP contribution in [0.4, 0.5) is 5.69 Å². The van der Waals surface area contributed by atoms with Gasteiger partial charge in [-0.05, 0) is 18.1 Å². The fourth-order valence-electron chi connectivity index (χ4n) is 3.09. The smallest absolute Gasteiger partial charge is 0.232 e. The van der Waals surface area contributed by atoms with Gasteiger partial charge in [-0.3, -0.25) is 9.59 Å². The van der Waals surface area contributed by atoms with Gasteiger partial charge in [0, 0.05) is 38.3 Å². The summed E-state index contributed by atoms with van der Waals surface area (Å²) in [6.45, 7) is 3.53. The van der Waals surface area contributed by atoms with E-state index in [1.165, 1.54) is 6.92 Å². The number of nitrogens with one attached hydrogen (secondary N) is 2. The van der Waals surface area contributed by atoms with Crippen molar-refractivity contribution >= 4 is 17.5 Å². The molecule has 5 heteroatoms. The van der Waals surface area contributed by atoms with E-state index in [1.807, 2.05) is 29.2 Å². The first-order valence-corrected chi connectivity index (χ1v) is 7.04. The van der Waals surface area contributed by atoms with Gasteiger partial charge in [-0.2, -0.15) is 0 Å². The Hall–Kier alpha value is -2.04. The summed E-state index contributed by atoms with van der Waals surface area (Å²) < 4.78 is 0. The lowest BCUT2D eigenvalue weighted by atomic mass is 10.00. The first-order chi connectivity index (χ1) is 9.65. The van der Waals surface area contributed by atoms with Gasteiger partial charge in [-0.25, -0.2) is 0 Å². The number of hydrogen-bond acceptors (Lipinski definition) is 3. The number of amides is 2. The number of rotatable bonds is 2. The van der Waals surface area contributed by atoms with Gasteiger partial charge in [-0.15, -0.1) is 0 Å². The Morgan fingerprint density at radius 3 is 2.95 bits per heavy atom. The van der Waals surface area contributed by atoms with Gasteiger partial charge in [0.15, 0.2) is 0 Å². The molecule has 1 aromatic carbocycles. The molecule has 0 aliphatic carbocycles. The second kappa shape index (κ2) is 5.15. The molecule has 0 aromatic heterocycles. The standard InChI is InChI=1S/C15H19N3O2/c1-10(19)17-11-6-7-18(9-11)15(20)13-8-16-14-5-3-2-4-12(13)14/h2-5,11,13,16H,6-9H2,1H3,(H,17,19). The van der Waals surface area contributed by atoms with Crippen LogP contribution in [0, 0.1) is 0 Å². The molecule has 1 fully saturated rings. The lowest BCUT2D eigenvalue weighted by Gasteiger charge is -2.20. The highest BCUT2D eigenvalue weighted by Gasteiger charge is 2.35. The molecule has 0 saturated carbocycles. The Balaban J connectivity index is 1.68. The summed E-state index contributed by atoms with van der Waals surface area (Å²) in [5.74, 6) is 0.0368. The van der Waals surface area contributed by atoms with Crippen LogP contribution in [0.25, 0.3) is 0 Å². The molecule has 2 atom stereocenters. The monoisotopic (exact) mass is 273 g/mol. The molecular formula is C15H19N3O2. The van der Waals surface area contributed by atoms with Crippen molar-refractivity contribution in [3.05, 3.63) is 29.8 Å². The van der Waals surface area contributed by atoms with Crippen LogP contribution in [-0.2, 0) is 9.59 Å². The normalized spacial score (nSPS) is 24.1. The van der Waals surface area contributed by atoms with Crippen LogP contribution in [0.5, 0.6) is 0 Å². The van der Waals surface area contributed by atoms with Crippen molar-refractivity contribution < 1.29 is 9.59 Å². The third-order valence-corrected chi connectivity index (χ3v) is 4.04. The van der Waals surface area contributed by atoms with Gasteiger partial charge in [-0.1, -0.05) is 18.2 Å². The van der Waals surface area contributed by atoms with Crippen LogP contribution >= 0.6 is 0 Å². The van der Waals surface area contributed by atoms with E-state index in [9.17, 15) is 9.59 Å². The number of carbonyl (C=O) groups excluding carboxylic acids is 2. The molecule has 1 aromatic rings. The van der Waals surface area contributed by atoms with E-state index in [4.69, 9.17) is 0 Å². The Morgan fingerprint density at radius 1 is 1.35 bits per heavy atom. The minimum absolute atomic E-state index is 0.0304. The van der Waals surface area contributed by atoms with Crippen LogP contribution in [0.15, 0.2) is 24.3 Å². The van der Waals surface area contributed by atoms with Crippen molar-refractivity contribution in [1.82, 2.24) is 10.2 Å². The maximum Gasteiger partial charge on any atom is 0.232 e. The maximum atomic E-state index is 12.6. The average Bonchev–Trinajstić information content (AvgIpc) is 3.03. The van der Waals surface area contributed by atoms with Crippen LogP contribution in [-0.4, -0.2) is 42.4 Å². The lowest BCUT2D eigenvalue weighted by molar-refractivity contribution is -0.131. The molecule has 0 spiro atoms. The van der Waals surface area contributed by atoms with E-state index in [2.05, 4.69) is 10.6 Å². The number of nitrogens with zero attached hydrogens (tertiary/aromatic N) is 1. The Morgan fingerprint density at radius 2 is 2.15 bits per heavy atom. The van der Waals surface area contributed by atoms with Crippen LogP contribution < -0.4 is 10.6 Å². The highest BCUT2D eigenvalue weighted by Crippen LogP contribution is 2.33. The molecule has 2 aliphatic rings. The first-order valence-electron chi connectivity index (χ1n) is 7.04. The Bertz CT molecular complexity index is 544. The molecule has 1 saturated heterocycles. The number of para-hydroxylation sites is 1. The zero-order valence-corrected chi connectivity index (χ0v) is 11.6. The number of fused-ring (bicyclic) bond motifs is 1. The molecule has 2 heterocycles. The van der Waals surface area contributed by atoms with Crippen molar-refractivity contribution in [3.63, 3.8) is 0 Å². The van der Waals surface area contributed by atoms with Crippen LogP contribution in [0.3, 0.4) is 0 Å². The fraction of sp³-hybridized carbons (Fsp3) is 0.467. The summed E-state index contributed by atoms with van der Waals surface area (Å²) in [5.41, 5.74) is 2.14. The topological polar surface area (TPSA) is 61.4 Å². The zero-order chi connectivity index (χ0) is 14.1. The predicted molar refractivity (Wildman–Crippen MR) is 76.5 cm³/mol. The molecule has 2 N–H and O–H groups in total. The number of hydrogen-bond donors (Lipinski definition) is 2. The van der Waals surface area contributed by atoms with Crippen molar-refractivity contribution in [1.29, 1.82) is 0 Å². The molecule has 2 amide bonds. The largest absolute Gasteiger partial charge is 0.384 e. The van der Waals surface area contributed by atoms with E-state index in [0.717, 1.165) is 24.2 Å². The minimum Gasteiger partial charge on any atom is -0.384 e. The summed E-state index contributed by atoms with van der Waals surface area (Å²) >= 11 is 0. The predicted octanol–water partition coefficient (Wildman–Crippen LogP) is 0.933. The first kappa shape index (κ1) is 13.0. The summed E-state index contributed by atoms with van der Waals surface area (Å²) in [5, 5.41) is 6.17. The highest BCUT2D eigenvalue weighted by molar-refractivity contribution is 5.88. The number of benzene rings is 1. The van der Waals surface area contributed by atoms with E-state index in [-0.39, 0.29) is 23.8 Å². The van der Waals surface area contributed by atoms with Gasteiger partial charge in [0.2, 0.25) is 11.8 Å². The van der Waals surface area contributed by atoms with E-state index in [0.29, 0.717) is 13.1 Å². The Kier molecular flexibility index (Phi) is 3.34. The molecule has 2 aliphatic heterocycles. The van der Waals surface area contributed by atoms with Gasteiger partial charge in [0.25, 0.3) is 0 Å². The van der Waals surface area contributed by atoms with Crippen molar-refractivity contribution in [2.24, 2.45) is 0 Å². The third-order valence-electron chi connectivity index (χ3n) is 4.04. The summed E-state index contributed by atoms with van der Waals surface area (Å²) in [6, 6.07) is 8.06. The second-order valence-electron chi connectivity index (χ2n) is 5.49. The van der Waals surface area contributed by atoms with Gasteiger partial charge >= 0.3 is 0 Å². The lowest BCUT2D eigenvalue weighted by Crippen LogP contribution is -2.39. The van der Waals surface area contributed by atoms with Gasteiger partial charge in [0.05, 0.1) is 5.92 Å². The number of anilines is 1. The molecule has 106 valence electrons. The second-order valence-corrected chi connectivity index (χ2v) is 5.49. The summed E-state index contributed by atoms with van der Waals surface area (Å²) in [6.07, 6.45) is 0.840. The van der Waals surface area contributed by atoms with Crippen molar-refractivity contribution in [2.75, 3.05) is 25.0 Å². The molecule has 0 bridgehead atoms. The highest BCUT2D eigenvalue weighted by atomic mass is 16.2. The summed E-state index contributed by atoms with van der Waals surface area (Å²) in [4.78, 5) is 25.6. The molecule has 5 nitrogen and oxygen atoms in total. The molecule has 3 rings (SSSR count). The average molecular weight is 273 g/mol. The summed E-state index contributed by atoms with van der Waals surface area (Å²) in [7, 11) is 0. The molecular weight excluding hydrogens is 254 g/mol. The SMILES string of the molecule is CC(=O)NC1CCN(C(=O)C2CNc3ccccc32)C1. The third kappa shape index (κ3) is 2.35. The van der Waals surface area contributed by atoms with E-state index < -0.39 is 0 Å². The number of carbonyl (C=O) groups is 2. The maximum absolute atomic E-state index is 12.6. The fourth-order valence-corrected chi connectivity index (χ4v) is 3.09. The molecule has 0 radical (unpaired) electrons. The van der Waals surface area contributed by atoms with E-state index >= 15 is 0 Å². The van der Waals surface area contributed by atoms with E-state index in [1.54, 1.807) is 0 Å². The van der Waals surface area contributed by atoms with Crippen molar-refractivity contribution in [3.8, 4) is 0 Å². The zero-order valence-electron chi connectivity index (χ0n) is 11.6.